The quantitative estimate of drug-likeness (QED) is 0.0705. The van der Waals surface area contributed by atoms with Crippen LogP contribution in [0.2, 0.25) is 41.3 Å². The van der Waals surface area contributed by atoms with Crippen LogP contribution in [-0.2, 0) is 27.5 Å². The molecule has 0 unspecified atom stereocenters. The first-order valence-electron chi connectivity index (χ1n) is 20.8. The molecule has 0 aromatic heterocycles. The van der Waals surface area contributed by atoms with Gasteiger partial charge in [0, 0.05) is 4.91 Å². The molecule has 15 heteroatoms. The minimum atomic E-state index is -3.11. The van der Waals surface area contributed by atoms with Crippen LogP contribution in [0, 0.1) is 0 Å². The Labute approximate surface area is 356 Å². The fourth-order valence-corrected chi connectivity index (χ4v) is 14.4. The lowest BCUT2D eigenvalue weighted by Gasteiger charge is -2.57. The molecule has 59 heavy (non-hydrogen) atoms. The van der Waals surface area contributed by atoms with Crippen LogP contribution in [0.5, 0.6) is 0 Å². The molecular weight excluding hydrogens is 797 g/mol. The maximum atomic E-state index is 13.1. The highest BCUT2D eigenvalue weighted by Gasteiger charge is 2.62. The molecule has 6 atom stereocenters. The number of carbonyl (C=O) groups is 1. The molecule has 2 heterocycles. The summed E-state index contributed by atoms with van der Waals surface area (Å²) < 4.78 is 41.9. The third kappa shape index (κ3) is 10.6. The highest BCUT2D eigenvalue weighted by molar-refractivity contribution is 6.99. The molecule has 4 rings (SSSR count). The molecule has 2 aliphatic rings. The van der Waals surface area contributed by atoms with E-state index in [1.165, 1.54) is 0 Å². The molecule has 2 aliphatic heterocycles. The molecule has 328 valence electrons. The van der Waals surface area contributed by atoms with E-state index in [1.54, 1.807) is 32.9 Å². The predicted octanol–water partition coefficient (Wildman–Crippen LogP) is 8.96. The summed E-state index contributed by atoms with van der Waals surface area (Å²) in [5.41, 5.74) is 8.13. The normalized spacial score (nSPS) is 26.0. The smallest absolute Gasteiger partial charge is 0.408 e. The second-order valence-electron chi connectivity index (χ2n) is 21.3. The van der Waals surface area contributed by atoms with Crippen LogP contribution in [0.15, 0.2) is 77.9 Å². The first-order valence-corrected chi connectivity index (χ1v) is 28.5. The summed E-state index contributed by atoms with van der Waals surface area (Å²) in [6, 6.07) is 19.8. The summed E-state index contributed by atoms with van der Waals surface area (Å²) in [6.07, 6.45) is 0.197. The van der Waals surface area contributed by atoms with E-state index < -0.39 is 78.9 Å². The number of alkyl carbamates (subject to hydrolysis) is 1. The van der Waals surface area contributed by atoms with Gasteiger partial charge in [-0.05, 0) is 84.1 Å². The number of azide groups is 1. The van der Waals surface area contributed by atoms with E-state index in [-0.39, 0.29) is 28.3 Å². The van der Waals surface area contributed by atoms with Gasteiger partial charge >= 0.3 is 6.09 Å². The SMILES string of the molecule is CC(C)(C)OC(=O)N[C@@]1(CO)C=C[C@]2(OC1)O[C@H](CO[Si](c1ccccc1)(c1ccccc1)C(C)(C)C)[C@H](O[Si](C)(C)C(C)(C)C)[C@H](O[Si](C)(C)C(C)(C)C)[C@H]2N=[N+]=[N-]. The zero-order chi connectivity index (χ0) is 44.5. The Morgan fingerprint density at radius 2 is 1.31 bits per heavy atom. The van der Waals surface area contributed by atoms with Crippen molar-refractivity contribution in [1.82, 2.24) is 5.32 Å². The summed E-state index contributed by atoms with van der Waals surface area (Å²) in [5, 5.41) is 19.4. The number of benzene rings is 2. The van der Waals surface area contributed by atoms with Crippen molar-refractivity contribution in [3.05, 3.63) is 83.3 Å². The lowest BCUT2D eigenvalue weighted by atomic mass is 9.87. The Morgan fingerprint density at radius 1 is 0.814 bits per heavy atom. The minimum absolute atomic E-state index is 0.0904. The van der Waals surface area contributed by atoms with Crippen molar-refractivity contribution >= 4 is 41.4 Å². The third-order valence-corrected chi connectivity index (χ3v) is 26.5. The fourth-order valence-electron chi connectivity index (χ4n) is 7.19. The number of aliphatic hydroxyl groups is 1. The average molecular weight is 869 g/mol. The number of aliphatic hydroxyl groups excluding tert-OH is 1. The second kappa shape index (κ2) is 17.5. The van der Waals surface area contributed by atoms with Crippen LogP contribution >= 0.6 is 0 Å². The number of nitrogens with zero attached hydrogens (tertiary/aromatic N) is 3. The van der Waals surface area contributed by atoms with Gasteiger partial charge in [0.15, 0.2) is 22.4 Å². The molecule has 2 N–H and O–H groups in total. The summed E-state index contributed by atoms with van der Waals surface area (Å²) in [5.74, 6) is -1.69. The Hall–Kier alpha value is -2.83. The molecular formula is C44H72N4O8Si3. The van der Waals surface area contributed by atoms with Gasteiger partial charge in [-0.3, -0.25) is 0 Å². The number of rotatable bonds is 12. The highest BCUT2D eigenvalue weighted by Crippen LogP contribution is 2.48. The lowest BCUT2D eigenvalue weighted by molar-refractivity contribution is -0.310. The van der Waals surface area contributed by atoms with Crippen molar-refractivity contribution in [2.45, 2.75) is 166 Å². The molecule has 0 bridgehead atoms. The van der Waals surface area contributed by atoms with Crippen molar-refractivity contribution in [3.63, 3.8) is 0 Å². The van der Waals surface area contributed by atoms with Crippen LogP contribution in [0.3, 0.4) is 0 Å². The molecule has 0 radical (unpaired) electrons. The largest absolute Gasteiger partial charge is 0.444 e. The van der Waals surface area contributed by atoms with Crippen molar-refractivity contribution in [1.29, 1.82) is 0 Å². The van der Waals surface area contributed by atoms with Crippen LogP contribution < -0.4 is 15.7 Å². The topological polar surface area (TPSA) is 153 Å². The van der Waals surface area contributed by atoms with E-state index in [2.05, 4.69) is 152 Å². The van der Waals surface area contributed by atoms with E-state index in [1.807, 2.05) is 12.1 Å². The Kier molecular flexibility index (Phi) is 14.5. The van der Waals surface area contributed by atoms with Gasteiger partial charge in [-0.2, -0.15) is 0 Å². The Morgan fingerprint density at radius 3 is 1.69 bits per heavy atom. The molecule has 1 amide bonds. The first-order chi connectivity index (χ1) is 27.0. The number of carbonyl (C=O) groups excluding carboxylic acids is 1. The van der Waals surface area contributed by atoms with Crippen molar-refractivity contribution in [2.75, 3.05) is 19.8 Å². The Balaban J connectivity index is 1.99. The van der Waals surface area contributed by atoms with Crippen molar-refractivity contribution in [2.24, 2.45) is 5.11 Å². The molecule has 1 fully saturated rings. The van der Waals surface area contributed by atoms with Crippen molar-refractivity contribution < 1.29 is 37.4 Å². The predicted molar refractivity (Wildman–Crippen MR) is 243 cm³/mol. The number of nitrogens with one attached hydrogen (secondary N) is 1. The number of hydrogen-bond donors (Lipinski definition) is 2. The number of ether oxygens (including phenoxy) is 3. The molecule has 0 aliphatic carbocycles. The van der Waals surface area contributed by atoms with Crippen LogP contribution in [0.1, 0.15) is 83.1 Å². The fraction of sp³-hybridized carbons (Fsp3) is 0.659. The Bertz CT molecular complexity index is 1780. The van der Waals surface area contributed by atoms with Gasteiger partial charge in [0.25, 0.3) is 8.32 Å². The standard InChI is InChI=1S/C44H72N4O8Si3/c1-39(2,3)54-38(50)46-43(30-49)27-28-44(51-31-43)37(47-48-45)36(56-58(15,16)41(7,8)9)35(55-57(13,14)40(4,5)6)34(53-44)29-52-59(42(10,11)12,32-23-19-17-20-24-32)33-25-21-18-22-26-33/h17-28,34-37,49H,29-31H2,1-16H3,(H,46,50)/t34-,35+,36+,37-,43-,44+/m1/s1. The van der Waals surface area contributed by atoms with Crippen LogP contribution in [-0.4, -0.2) is 97.3 Å². The van der Waals surface area contributed by atoms with Crippen LogP contribution in [0.4, 0.5) is 4.79 Å². The maximum absolute atomic E-state index is 13.1. The maximum Gasteiger partial charge on any atom is 0.408 e. The molecule has 1 spiro atoms. The average Bonchev–Trinajstić information content (AvgIpc) is 3.11. The minimum Gasteiger partial charge on any atom is -0.444 e. The lowest BCUT2D eigenvalue weighted by Crippen LogP contribution is -2.73. The van der Waals surface area contributed by atoms with Crippen molar-refractivity contribution in [3.8, 4) is 0 Å². The van der Waals surface area contributed by atoms with E-state index in [4.69, 9.17) is 27.5 Å². The summed E-state index contributed by atoms with van der Waals surface area (Å²) in [7, 11) is -8.34. The van der Waals surface area contributed by atoms with Gasteiger partial charge in [-0.25, -0.2) is 4.79 Å². The molecule has 2 aromatic rings. The number of amides is 1. The van der Waals surface area contributed by atoms with E-state index in [0.717, 1.165) is 10.4 Å². The van der Waals surface area contributed by atoms with Crippen LogP contribution in [0.25, 0.3) is 10.4 Å². The third-order valence-electron chi connectivity index (χ3n) is 12.5. The second-order valence-corrected chi connectivity index (χ2v) is 35.1. The zero-order valence-electron chi connectivity index (χ0n) is 38.5. The number of hydrogen-bond acceptors (Lipinski definition) is 9. The first kappa shape index (κ1) is 48.8. The zero-order valence-corrected chi connectivity index (χ0v) is 41.5. The summed E-state index contributed by atoms with van der Waals surface area (Å²) >= 11 is 0. The summed E-state index contributed by atoms with van der Waals surface area (Å²) in [4.78, 5) is 16.4. The van der Waals surface area contributed by atoms with E-state index >= 15 is 0 Å². The van der Waals surface area contributed by atoms with Gasteiger partial charge in [-0.1, -0.05) is 134 Å². The molecule has 0 saturated carbocycles. The summed E-state index contributed by atoms with van der Waals surface area (Å²) in [6.45, 7) is 33.1. The van der Waals surface area contributed by atoms with E-state index in [0.29, 0.717) is 0 Å². The van der Waals surface area contributed by atoms with Gasteiger partial charge in [-0.15, -0.1) is 0 Å². The molecule has 2 aromatic carbocycles. The van der Waals surface area contributed by atoms with Gasteiger partial charge in [0.1, 0.15) is 23.3 Å². The molecule has 12 nitrogen and oxygen atoms in total. The van der Waals surface area contributed by atoms with Gasteiger partial charge in [0.2, 0.25) is 0 Å². The monoisotopic (exact) mass is 868 g/mol. The van der Waals surface area contributed by atoms with Gasteiger partial charge in [0.05, 0.1) is 32.0 Å². The highest BCUT2D eigenvalue weighted by atomic mass is 28.4. The van der Waals surface area contributed by atoms with E-state index in [9.17, 15) is 15.4 Å². The molecule has 1 saturated heterocycles. The van der Waals surface area contributed by atoms with Gasteiger partial charge < -0.3 is 37.9 Å².